The molecule has 0 aromatic carbocycles. The van der Waals surface area contributed by atoms with Gasteiger partial charge in [0.25, 0.3) is 10.1 Å². The molecule has 13 heteroatoms. The Balaban J connectivity index is 2.26. The van der Waals surface area contributed by atoms with Crippen LogP contribution in [0.15, 0.2) is 0 Å². The third-order valence-corrected chi connectivity index (χ3v) is 15.4. The molecule has 6 unspecified atom stereocenters. The van der Waals surface area contributed by atoms with Crippen LogP contribution in [-0.2, 0) is 38.7 Å². The first-order valence-electron chi connectivity index (χ1n) is 30.6. The van der Waals surface area contributed by atoms with Crippen molar-refractivity contribution in [3.8, 4) is 0 Å². The number of carbonyl (C=O) groups is 2. The average Bonchev–Trinajstić information content (AvgIpc) is 3.35. The third-order valence-electron chi connectivity index (χ3n) is 14.7. The summed E-state index contributed by atoms with van der Waals surface area (Å²) < 4.78 is 54.5. The van der Waals surface area contributed by atoms with Crippen molar-refractivity contribution in [3.05, 3.63) is 0 Å². The van der Waals surface area contributed by atoms with Crippen LogP contribution in [0.2, 0.25) is 0 Å². The van der Waals surface area contributed by atoms with Crippen molar-refractivity contribution >= 4 is 22.1 Å². The number of rotatable bonds is 54. The Kier molecular flexibility index (Phi) is 47.0. The van der Waals surface area contributed by atoms with E-state index >= 15 is 0 Å². The number of ether oxygens (including phenoxy) is 4. The minimum absolute atomic E-state index is 0.174. The molecular weight excluding hydrogens is 933 g/mol. The highest BCUT2D eigenvalue weighted by Crippen LogP contribution is 2.24. The monoisotopic (exact) mass is 1050 g/mol. The van der Waals surface area contributed by atoms with Crippen LogP contribution in [-0.4, -0.2) is 96.0 Å². The summed E-state index contributed by atoms with van der Waals surface area (Å²) in [5, 5.41) is 31.1. The first kappa shape index (κ1) is 68.7. The van der Waals surface area contributed by atoms with Crippen molar-refractivity contribution in [1.29, 1.82) is 0 Å². The van der Waals surface area contributed by atoms with Gasteiger partial charge in [-0.3, -0.25) is 14.1 Å². The number of carbonyl (C=O) groups excluding carboxylic acids is 2. The number of aliphatic hydroxyl groups excluding tert-OH is 3. The van der Waals surface area contributed by atoms with E-state index < -0.39 is 71.2 Å². The van der Waals surface area contributed by atoms with Crippen molar-refractivity contribution in [1.82, 2.24) is 0 Å². The summed E-state index contributed by atoms with van der Waals surface area (Å²) in [7, 11) is -4.60. The second kappa shape index (κ2) is 49.2. The van der Waals surface area contributed by atoms with Crippen LogP contribution < -0.4 is 0 Å². The molecule has 0 saturated carbocycles. The topological polar surface area (TPSA) is 186 Å². The second-order valence-corrected chi connectivity index (χ2v) is 23.2. The maximum atomic E-state index is 12.9. The molecule has 0 amide bonds. The van der Waals surface area contributed by atoms with E-state index in [0.29, 0.717) is 12.8 Å². The standard InChI is InChI=1S/C59H114O12S/c1-3-5-7-9-11-13-15-17-19-21-23-25-26-27-28-30-32-34-36-38-40-42-44-46-48-55(61)70-52(50-69-59-58(64)57(63)56(62)53(71-59)51-72(65,66)67)49-68-54(60)47-45-43-41-39-37-35-33-31-29-24-22-20-18-16-14-12-10-8-6-4-2/h52-53,56-59,62-64H,3-51H2,1-2H3,(H,65,66,67). The van der Waals surface area contributed by atoms with E-state index in [2.05, 4.69) is 13.8 Å². The predicted molar refractivity (Wildman–Crippen MR) is 294 cm³/mol. The lowest BCUT2D eigenvalue weighted by Gasteiger charge is -2.40. The van der Waals surface area contributed by atoms with Crippen molar-refractivity contribution in [2.24, 2.45) is 0 Å². The number of unbranched alkanes of at least 4 members (excludes halogenated alkanes) is 42. The number of hydrogen-bond acceptors (Lipinski definition) is 11. The van der Waals surface area contributed by atoms with E-state index in [9.17, 15) is 37.9 Å². The molecule has 1 aliphatic heterocycles. The van der Waals surface area contributed by atoms with Crippen LogP contribution in [0.3, 0.4) is 0 Å². The molecule has 0 aliphatic carbocycles. The lowest BCUT2D eigenvalue weighted by Crippen LogP contribution is -2.60. The van der Waals surface area contributed by atoms with Crippen LogP contribution in [0.25, 0.3) is 0 Å². The van der Waals surface area contributed by atoms with E-state index in [1.165, 1.54) is 231 Å². The molecule has 0 bridgehead atoms. The van der Waals surface area contributed by atoms with Crippen molar-refractivity contribution in [2.75, 3.05) is 19.0 Å². The highest BCUT2D eigenvalue weighted by atomic mass is 32.2. The van der Waals surface area contributed by atoms with Crippen molar-refractivity contribution < 1.29 is 56.8 Å². The molecule has 428 valence electrons. The summed E-state index contributed by atoms with van der Waals surface area (Å²) in [5.41, 5.74) is 0. The maximum Gasteiger partial charge on any atom is 0.306 e. The van der Waals surface area contributed by atoms with E-state index in [4.69, 9.17) is 18.9 Å². The summed E-state index contributed by atoms with van der Waals surface area (Å²) in [6, 6.07) is 0. The molecule has 1 saturated heterocycles. The Morgan fingerprint density at radius 3 is 1.01 bits per heavy atom. The van der Waals surface area contributed by atoms with E-state index in [1.807, 2.05) is 0 Å². The van der Waals surface area contributed by atoms with Gasteiger partial charge in [0.05, 0.1) is 6.61 Å². The fraction of sp³-hybridized carbons (Fsp3) is 0.966. The molecular formula is C59H114O12S. The van der Waals surface area contributed by atoms with Crippen LogP contribution in [0.5, 0.6) is 0 Å². The van der Waals surface area contributed by atoms with Gasteiger partial charge in [0.1, 0.15) is 36.8 Å². The number of aliphatic hydroxyl groups is 3. The zero-order valence-electron chi connectivity index (χ0n) is 46.6. The Hall–Kier alpha value is -1.35. The minimum Gasteiger partial charge on any atom is -0.462 e. The molecule has 0 spiro atoms. The highest BCUT2D eigenvalue weighted by molar-refractivity contribution is 7.85. The van der Waals surface area contributed by atoms with Crippen molar-refractivity contribution in [3.63, 3.8) is 0 Å². The summed E-state index contributed by atoms with van der Waals surface area (Å²) >= 11 is 0. The quantitative estimate of drug-likeness (QED) is 0.0257. The Labute approximate surface area is 442 Å². The van der Waals surface area contributed by atoms with E-state index in [-0.39, 0.29) is 19.4 Å². The fourth-order valence-electron chi connectivity index (χ4n) is 9.98. The van der Waals surface area contributed by atoms with Gasteiger partial charge in [0.15, 0.2) is 12.4 Å². The summed E-state index contributed by atoms with van der Waals surface area (Å²) in [6.07, 6.45) is 47.2. The second-order valence-electron chi connectivity index (χ2n) is 21.7. The van der Waals surface area contributed by atoms with Gasteiger partial charge in [0.2, 0.25) is 0 Å². The zero-order chi connectivity index (χ0) is 52.6. The molecule has 4 N–H and O–H groups in total. The van der Waals surface area contributed by atoms with Gasteiger partial charge >= 0.3 is 11.9 Å². The first-order chi connectivity index (χ1) is 35.0. The predicted octanol–water partition coefficient (Wildman–Crippen LogP) is 15.1. The largest absolute Gasteiger partial charge is 0.462 e. The SMILES string of the molecule is CCCCCCCCCCCCCCCCCCCCCCCCCCC(=O)OC(COC(=O)CCCCCCCCCCCCCCCCCCCCCC)COC1OC(CS(=O)(=O)O)C(O)C(O)C1O. The number of hydrogen-bond donors (Lipinski definition) is 4. The van der Waals surface area contributed by atoms with Crippen molar-refractivity contribution in [2.45, 2.75) is 346 Å². The summed E-state index contributed by atoms with van der Waals surface area (Å²) in [6.45, 7) is 3.85. The van der Waals surface area contributed by atoms with Crippen LogP contribution in [0.4, 0.5) is 0 Å². The van der Waals surface area contributed by atoms with E-state index in [1.54, 1.807) is 0 Å². The Bertz CT molecular complexity index is 1320. The molecule has 0 aromatic heterocycles. The van der Waals surface area contributed by atoms with Gasteiger partial charge in [-0.25, -0.2) is 0 Å². The Morgan fingerprint density at radius 1 is 0.417 bits per heavy atom. The van der Waals surface area contributed by atoms with Crippen LogP contribution in [0.1, 0.15) is 309 Å². The van der Waals surface area contributed by atoms with Gasteiger partial charge in [-0.05, 0) is 12.8 Å². The van der Waals surface area contributed by atoms with Gasteiger partial charge in [-0.15, -0.1) is 0 Å². The lowest BCUT2D eigenvalue weighted by molar-refractivity contribution is -0.297. The molecule has 12 nitrogen and oxygen atoms in total. The maximum absolute atomic E-state index is 12.9. The molecule has 72 heavy (non-hydrogen) atoms. The molecule has 1 heterocycles. The normalized spacial score (nSPS) is 18.7. The van der Waals surface area contributed by atoms with Gasteiger partial charge in [0, 0.05) is 12.8 Å². The molecule has 1 rings (SSSR count). The smallest absolute Gasteiger partial charge is 0.306 e. The lowest BCUT2D eigenvalue weighted by atomic mass is 10.00. The van der Waals surface area contributed by atoms with Gasteiger partial charge in [-0.1, -0.05) is 284 Å². The van der Waals surface area contributed by atoms with Crippen LogP contribution >= 0.6 is 0 Å². The van der Waals surface area contributed by atoms with E-state index in [0.717, 1.165) is 38.5 Å². The zero-order valence-corrected chi connectivity index (χ0v) is 47.4. The minimum atomic E-state index is -4.60. The molecule has 0 radical (unpaired) electrons. The highest BCUT2D eigenvalue weighted by Gasteiger charge is 2.46. The summed E-state index contributed by atoms with van der Waals surface area (Å²) in [5.74, 6) is -1.95. The molecule has 6 atom stereocenters. The Morgan fingerprint density at radius 2 is 0.708 bits per heavy atom. The molecule has 1 aliphatic rings. The fourth-order valence-corrected chi connectivity index (χ4v) is 10.7. The average molecular weight is 1050 g/mol. The van der Waals surface area contributed by atoms with Gasteiger partial charge in [-0.2, -0.15) is 8.42 Å². The molecule has 1 fully saturated rings. The van der Waals surface area contributed by atoms with Gasteiger partial charge < -0.3 is 34.3 Å². The molecule has 0 aromatic rings. The third kappa shape index (κ3) is 42.8. The first-order valence-corrected chi connectivity index (χ1v) is 32.2. The number of esters is 2. The summed E-state index contributed by atoms with van der Waals surface area (Å²) in [4.78, 5) is 25.7. The van der Waals surface area contributed by atoms with Crippen LogP contribution in [0, 0.1) is 0 Å².